The first kappa shape index (κ1) is 12.8. The quantitative estimate of drug-likeness (QED) is 0.715. The van der Waals surface area contributed by atoms with Crippen molar-refractivity contribution in [1.29, 1.82) is 0 Å². The average Bonchev–Trinajstić information content (AvgIpc) is 2.91. The summed E-state index contributed by atoms with van der Waals surface area (Å²) in [7, 11) is 0. The van der Waals surface area contributed by atoms with Crippen LogP contribution in [0.15, 0.2) is 48.9 Å². The lowest BCUT2D eigenvalue weighted by atomic mass is 10.2. The monoisotopic (exact) mass is 281 g/mol. The zero-order valence-electron chi connectivity index (χ0n) is 10.9. The van der Waals surface area contributed by atoms with E-state index in [1.54, 1.807) is 35.3 Å². The van der Waals surface area contributed by atoms with E-state index in [1.807, 2.05) is 23.6 Å². The van der Waals surface area contributed by atoms with Gasteiger partial charge in [0, 0.05) is 23.5 Å². The van der Waals surface area contributed by atoms with Gasteiger partial charge in [-0.2, -0.15) is 5.10 Å². The fourth-order valence-electron chi connectivity index (χ4n) is 1.95. The largest absolute Gasteiger partial charge is 0.325 e. The highest BCUT2D eigenvalue weighted by Gasteiger charge is 2.05. The molecular weight excluding hydrogens is 270 g/mol. The topological polar surface area (TPSA) is 88.9 Å². The molecule has 2 heterocycles. The van der Waals surface area contributed by atoms with Gasteiger partial charge in [0.15, 0.2) is 0 Å². The van der Waals surface area contributed by atoms with Crippen LogP contribution >= 0.6 is 0 Å². The molecule has 1 aromatic carbocycles. The van der Waals surface area contributed by atoms with Crippen molar-refractivity contribution < 1.29 is 9.59 Å². The number of aromatic nitrogens is 3. The van der Waals surface area contributed by atoms with Crippen LogP contribution < -0.4 is 10.6 Å². The Bertz CT molecular complexity index is 797. The Balaban J connectivity index is 1.92. The second kappa shape index (κ2) is 5.41. The number of urea groups is 1. The van der Waals surface area contributed by atoms with Crippen LogP contribution in [-0.4, -0.2) is 27.2 Å². The van der Waals surface area contributed by atoms with Crippen LogP contribution in [0.25, 0.3) is 16.6 Å². The third-order valence-corrected chi connectivity index (χ3v) is 2.86. The Morgan fingerprint density at radius 3 is 2.95 bits per heavy atom. The first-order valence-corrected chi connectivity index (χ1v) is 6.17. The molecule has 0 bridgehead atoms. The minimum Gasteiger partial charge on any atom is -0.308 e. The number of imide groups is 1. The molecule has 2 N–H and O–H groups in total. The molecular formula is C14H11N5O2. The first-order chi connectivity index (χ1) is 10.3. The van der Waals surface area contributed by atoms with E-state index in [0.29, 0.717) is 12.1 Å². The second-order valence-electron chi connectivity index (χ2n) is 4.27. The molecule has 21 heavy (non-hydrogen) atoms. The highest BCUT2D eigenvalue weighted by Crippen LogP contribution is 2.19. The van der Waals surface area contributed by atoms with Crippen molar-refractivity contribution >= 4 is 29.0 Å². The van der Waals surface area contributed by atoms with Gasteiger partial charge in [-0.05, 0) is 30.3 Å². The Morgan fingerprint density at radius 1 is 1.29 bits per heavy atom. The van der Waals surface area contributed by atoms with Crippen LogP contribution in [0.4, 0.5) is 10.5 Å². The fraction of sp³-hybridized carbons (Fsp3) is 0. The number of hydrogen-bond donors (Lipinski definition) is 2. The molecule has 0 unspecified atom stereocenters. The van der Waals surface area contributed by atoms with E-state index in [1.165, 1.54) is 0 Å². The molecule has 0 radical (unpaired) electrons. The van der Waals surface area contributed by atoms with Crippen molar-refractivity contribution in [1.82, 2.24) is 20.1 Å². The number of benzene rings is 1. The number of nitrogens with zero attached hydrogens (tertiary/aromatic N) is 3. The minimum absolute atomic E-state index is 0.328. The van der Waals surface area contributed by atoms with Gasteiger partial charge in [0.05, 0.1) is 17.4 Å². The van der Waals surface area contributed by atoms with Crippen molar-refractivity contribution in [3.05, 3.63) is 48.9 Å². The van der Waals surface area contributed by atoms with Crippen LogP contribution in [-0.2, 0) is 4.79 Å². The maximum atomic E-state index is 11.3. The van der Waals surface area contributed by atoms with E-state index < -0.39 is 6.03 Å². The molecule has 0 saturated carbocycles. The number of anilines is 1. The second-order valence-corrected chi connectivity index (χ2v) is 4.27. The molecule has 0 atom stereocenters. The van der Waals surface area contributed by atoms with Crippen LogP contribution in [0.3, 0.4) is 0 Å². The average molecular weight is 281 g/mol. The molecule has 3 aromatic rings. The van der Waals surface area contributed by atoms with Crippen molar-refractivity contribution in [2.75, 3.05) is 5.32 Å². The number of carbonyl (C=O) groups excluding carboxylic acids is 2. The summed E-state index contributed by atoms with van der Waals surface area (Å²) in [6.07, 6.45) is 5.58. The Labute approximate surface area is 119 Å². The maximum Gasteiger partial charge on any atom is 0.325 e. The molecule has 0 fully saturated rings. The first-order valence-electron chi connectivity index (χ1n) is 6.17. The highest BCUT2D eigenvalue weighted by atomic mass is 16.2. The van der Waals surface area contributed by atoms with Crippen LogP contribution in [0.2, 0.25) is 0 Å². The fourth-order valence-corrected chi connectivity index (χ4v) is 1.95. The number of hydrogen-bond acceptors (Lipinski definition) is 4. The van der Waals surface area contributed by atoms with Gasteiger partial charge in [-0.15, -0.1) is 0 Å². The smallest absolute Gasteiger partial charge is 0.308 e. The molecule has 7 nitrogen and oxygen atoms in total. The number of carbonyl (C=O) groups is 2. The molecule has 0 spiro atoms. The third-order valence-electron chi connectivity index (χ3n) is 2.86. The summed E-state index contributed by atoms with van der Waals surface area (Å²) in [5.74, 6) is 0. The Kier molecular flexibility index (Phi) is 3.30. The van der Waals surface area contributed by atoms with E-state index in [4.69, 9.17) is 0 Å². The van der Waals surface area contributed by atoms with Gasteiger partial charge >= 0.3 is 6.03 Å². The standard InChI is InChI=1S/C14H11N5O2/c20-9-16-14(21)17-11-3-4-13-10(6-11)8-19(18-13)12-2-1-5-15-7-12/h1-9H,(H2,16,17,20,21). The van der Waals surface area contributed by atoms with Crippen molar-refractivity contribution in [3.63, 3.8) is 0 Å². The lowest BCUT2D eigenvalue weighted by molar-refractivity contribution is -0.108. The minimum atomic E-state index is -0.580. The van der Waals surface area contributed by atoms with E-state index >= 15 is 0 Å². The van der Waals surface area contributed by atoms with Crippen LogP contribution in [0.5, 0.6) is 0 Å². The lowest BCUT2D eigenvalue weighted by Gasteiger charge is -2.02. The van der Waals surface area contributed by atoms with Gasteiger partial charge in [0.25, 0.3) is 0 Å². The highest BCUT2D eigenvalue weighted by molar-refractivity contribution is 5.97. The molecule has 3 rings (SSSR count). The van der Waals surface area contributed by atoms with Crippen LogP contribution in [0, 0.1) is 0 Å². The van der Waals surface area contributed by atoms with Gasteiger partial charge in [-0.1, -0.05) is 0 Å². The van der Waals surface area contributed by atoms with E-state index in [-0.39, 0.29) is 0 Å². The summed E-state index contributed by atoms with van der Waals surface area (Å²) in [4.78, 5) is 25.5. The molecule has 0 aliphatic heterocycles. The van der Waals surface area contributed by atoms with E-state index in [9.17, 15) is 9.59 Å². The van der Waals surface area contributed by atoms with Crippen molar-refractivity contribution in [2.24, 2.45) is 0 Å². The molecule has 0 aliphatic carbocycles. The molecule has 0 aliphatic rings. The number of nitrogens with one attached hydrogen (secondary N) is 2. The van der Waals surface area contributed by atoms with Gasteiger partial charge < -0.3 is 5.32 Å². The normalized spacial score (nSPS) is 10.3. The summed E-state index contributed by atoms with van der Waals surface area (Å²) >= 11 is 0. The summed E-state index contributed by atoms with van der Waals surface area (Å²) in [6, 6.07) is 8.43. The summed E-state index contributed by atoms with van der Waals surface area (Å²) in [5, 5.41) is 9.86. The molecule has 104 valence electrons. The number of fused-ring (bicyclic) bond motifs is 1. The third kappa shape index (κ3) is 2.71. The predicted molar refractivity (Wildman–Crippen MR) is 77.1 cm³/mol. The van der Waals surface area contributed by atoms with Crippen LogP contribution in [0.1, 0.15) is 0 Å². The van der Waals surface area contributed by atoms with Gasteiger partial charge in [-0.25, -0.2) is 9.48 Å². The summed E-state index contributed by atoms with van der Waals surface area (Å²) in [5.41, 5.74) is 2.22. The lowest BCUT2D eigenvalue weighted by Crippen LogP contribution is -2.26. The van der Waals surface area contributed by atoms with E-state index in [2.05, 4.69) is 15.4 Å². The van der Waals surface area contributed by atoms with Gasteiger partial charge in [0.1, 0.15) is 0 Å². The summed E-state index contributed by atoms with van der Waals surface area (Å²) in [6.45, 7) is 0. The molecule has 0 saturated heterocycles. The predicted octanol–water partition coefficient (Wildman–Crippen LogP) is 1.70. The molecule has 7 heteroatoms. The zero-order chi connectivity index (χ0) is 14.7. The zero-order valence-corrected chi connectivity index (χ0v) is 10.9. The van der Waals surface area contributed by atoms with E-state index in [0.717, 1.165) is 16.6 Å². The maximum absolute atomic E-state index is 11.3. The number of rotatable bonds is 3. The van der Waals surface area contributed by atoms with Gasteiger partial charge in [-0.3, -0.25) is 15.1 Å². The molecule has 3 amide bonds. The Hall–Kier alpha value is -3.22. The SMILES string of the molecule is O=CNC(=O)Nc1ccc2nn(-c3cccnc3)cc2c1. The van der Waals surface area contributed by atoms with Crippen molar-refractivity contribution in [3.8, 4) is 5.69 Å². The molecule has 2 aromatic heterocycles. The summed E-state index contributed by atoms with van der Waals surface area (Å²) < 4.78 is 1.72. The number of amides is 3. The Morgan fingerprint density at radius 2 is 2.19 bits per heavy atom. The van der Waals surface area contributed by atoms with Gasteiger partial charge in [0.2, 0.25) is 6.41 Å². The van der Waals surface area contributed by atoms with Crippen molar-refractivity contribution in [2.45, 2.75) is 0 Å². The number of pyridine rings is 1.